The van der Waals surface area contributed by atoms with E-state index in [0.29, 0.717) is 11.7 Å². The molecule has 1 aliphatic rings. The molecule has 0 saturated carbocycles. The number of nitriles is 1. The van der Waals surface area contributed by atoms with Gasteiger partial charge in [0.05, 0.1) is 0 Å². The van der Waals surface area contributed by atoms with Gasteiger partial charge in [-0.05, 0) is 55.1 Å². The number of hydrogen-bond acceptors (Lipinski definition) is 3. The SMILES string of the molecule is CNC1CCCc2cn(Cc3ccnc(C#N)c3)cc21. The van der Waals surface area contributed by atoms with Crippen LogP contribution in [0.25, 0.3) is 0 Å². The number of aryl methyl sites for hydroxylation is 1. The van der Waals surface area contributed by atoms with Gasteiger partial charge in [0.25, 0.3) is 0 Å². The molecule has 1 aliphatic carbocycles. The largest absolute Gasteiger partial charge is 0.349 e. The third-order valence-electron chi connectivity index (χ3n) is 3.96. The Kier molecular flexibility index (Phi) is 3.53. The van der Waals surface area contributed by atoms with Gasteiger partial charge in [-0.1, -0.05) is 0 Å². The molecule has 4 nitrogen and oxygen atoms in total. The normalized spacial score (nSPS) is 17.5. The topological polar surface area (TPSA) is 53.6 Å². The van der Waals surface area contributed by atoms with Crippen molar-refractivity contribution in [2.24, 2.45) is 0 Å². The fraction of sp³-hybridized carbons (Fsp3) is 0.375. The lowest BCUT2D eigenvalue weighted by Gasteiger charge is -2.21. The van der Waals surface area contributed by atoms with Crippen molar-refractivity contribution >= 4 is 0 Å². The van der Waals surface area contributed by atoms with Gasteiger partial charge in [0, 0.05) is 31.2 Å². The van der Waals surface area contributed by atoms with Crippen LogP contribution in [0.5, 0.6) is 0 Å². The number of pyridine rings is 1. The standard InChI is InChI=1S/C16H18N4/c1-18-16-4-2-3-13-10-20(11-15(13)16)9-12-5-6-19-14(7-12)8-17/h5-7,10-11,16,18H,2-4,9H2,1H3. The molecule has 0 aromatic carbocycles. The van der Waals surface area contributed by atoms with Crippen LogP contribution >= 0.6 is 0 Å². The van der Waals surface area contributed by atoms with Crippen LogP contribution in [0.4, 0.5) is 0 Å². The van der Waals surface area contributed by atoms with Crippen molar-refractivity contribution in [3.05, 3.63) is 53.1 Å². The van der Waals surface area contributed by atoms with Crippen molar-refractivity contribution in [3.63, 3.8) is 0 Å². The lowest BCUT2D eigenvalue weighted by Crippen LogP contribution is -2.20. The van der Waals surface area contributed by atoms with Crippen LogP contribution in [0.15, 0.2) is 30.7 Å². The molecule has 2 aromatic heterocycles. The summed E-state index contributed by atoms with van der Waals surface area (Å²) < 4.78 is 2.22. The van der Waals surface area contributed by atoms with Crippen molar-refractivity contribution in [1.29, 1.82) is 5.26 Å². The van der Waals surface area contributed by atoms with Gasteiger partial charge < -0.3 is 9.88 Å². The molecule has 2 aromatic rings. The minimum Gasteiger partial charge on any atom is -0.349 e. The van der Waals surface area contributed by atoms with Crippen molar-refractivity contribution < 1.29 is 0 Å². The molecule has 1 unspecified atom stereocenters. The second-order valence-corrected chi connectivity index (χ2v) is 5.31. The average Bonchev–Trinajstić information content (AvgIpc) is 2.89. The Morgan fingerprint density at radius 1 is 1.50 bits per heavy atom. The number of fused-ring (bicyclic) bond motifs is 1. The maximum Gasteiger partial charge on any atom is 0.140 e. The zero-order valence-corrected chi connectivity index (χ0v) is 11.6. The average molecular weight is 266 g/mol. The molecule has 1 N–H and O–H groups in total. The van der Waals surface area contributed by atoms with Gasteiger partial charge in [-0.3, -0.25) is 0 Å². The molecule has 0 aliphatic heterocycles. The Balaban J connectivity index is 1.85. The predicted molar refractivity (Wildman–Crippen MR) is 77.2 cm³/mol. The van der Waals surface area contributed by atoms with Gasteiger partial charge in [-0.15, -0.1) is 0 Å². The number of aromatic nitrogens is 2. The van der Waals surface area contributed by atoms with Gasteiger partial charge in [0.1, 0.15) is 11.8 Å². The number of hydrogen-bond donors (Lipinski definition) is 1. The molecule has 102 valence electrons. The Morgan fingerprint density at radius 3 is 3.20 bits per heavy atom. The first-order chi connectivity index (χ1) is 9.80. The fourth-order valence-electron chi connectivity index (χ4n) is 2.98. The molecular formula is C16H18N4. The van der Waals surface area contributed by atoms with E-state index in [2.05, 4.69) is 33.3 Å². The maximum atomic E-state index is 8.90. The molecule has 2 heterocycles. The Bertz CT molecular complexity index is 651. The molecule has 0 spiro atoms. The highest BCUT2D eigenvalue weighted by Crippen LogP contribution is 2.30. The van der Waals surface area contributed by atoms with Gasteiger partial charge in [-0.25, -0.2) is 4.98 Å². The highest BCUT2D eigenvalue weighted by molar-refractivity contribution is 5.32. The highest BCUT2D eigenvalue weighted by Gasteiger charge is 2.20. The quantitative estimate of drug-likeness (QED) is 0.928. The number of nitrogens with zero attached hydrogens (tertiary/aromatic N) is 3. The summed E-state index contributed by atoms with van der Waals surface area (Å²) in [6.45, 7) is 0.792. The summed E-state index contributed by atoms with van der Waals surface area (Å²) in [5.74, 6) is 0. The second-order valence-electron chi connectivity index (χ2n) is 5.31. The summed E-state index contributed by atoms with van der Waals surface area (Å²) in [6.07, 6.45) is 9.80. The van der Waals surface area contributed by atoms with E-state index in [1.54, 1.807) is 6.20 Å². The lowest BCUT2D eigenvalue weighted by molar-refractivity contribution is 0.498. The molecule has 4 heteroatoms. The predicted octanol–water partition coefficient (Wildman–Crippen LogP) is 2.40. The molecule has 20 heavy (non-hydrogen) atoms. The maximum absolute atomic E-state index is 8.90. The molecule has 0 bridgehead atoms. The van der Waals surface area contributed by atoms with Crippen molar-refractivity contribution in [2.45, 2.75) is 31.8 Å². The van der Waals surface area contributed by atoms with E-state index < -0.39 is 0 Å². The van der Waals surface area contributed by atoms with Crippen molar-refractivity contribution in [3.8, 4) is 6.07 Å². The first-order valence-electron chi connectivity index (χ1n) is 7.01. The number of rotatable bonds is 3. The van der Waals surface area contributed by atoms with Crippen LogP contribution in [0.3, 0.4) is 0 Å². The van der Waals surface area contributed by atoms with Crippen LogP contribution in [-0.4, -0.2) is 16.6 Å². The second kappa shape index (κ2) is 5.48. The monoisotopic (exact) mass is 266 g/mol. The Labute approximate surface area is 119 Å². The third-order valence-corrected chi connectivity index (χ3v) is 3.96. The fourth-order valence-corrected chi connectivity index (χ4v) is 2.98. The molecule has 0 saturated heterocycles. The summed E-state index contributed by atoms with van der Waals surface area (Å²) in [4.78, 5) is 4.01. The summed E-state index contributed by atoms with van der Waals surface area (Å²) in [5, 5.41) is 12.3. The summed E-state index contributed by atoms with van der Waals surface area (Å²) in [6, 6.07) is 6.39. The smallest absolute Gasteiger partial charge is 0.140 e. The summed E-state index contributed by atoms with van der Waals surface area (Å²) >= 11 is 0. The lowest BCUT2D eigenvalue weighted by atomic mass is 9.91. The molecule has 1 atom stereocenters. The Hall–Kier alpha value is -2.12. The van der Waals surface area contributed by atoms with E-state index in [1.165, 1.54) is 30.4 Å². The van der Waals surface area contributed by atoms with Crippen molar-refractivity contribution in [1.82, 2.24) is 14.9 Å². The van der Waals surface area contributed by atoms with E-state index in [4.69, 9.17) is 5.26 Å². The van der Waals surface area contributed by atoms with Crippen LogP contribution in [0.1, 0.15) is 41.3 Å². The summed E-state index contributed by atoms with van der Waals surface area (Å²) in [5.41, 5.74) is 4.47. The van der Waals surface area contributed by atoms with Crippen molar-refractivity contribution in [2.75, 3.05) is 7.05 Å². The van der Waals surface area contributed by atoms with Crippen LogP contribution < -0.4 is 5.32 Å². The van der Waals surface area contributed by atoms with Gasteiger partial charge in [0.2, 0.25) is 0 Å². The van der Waals surface area contributed by atoms with Gasteiger partial charge in [-0.2, -0.15) is 5.26 Å². The first-order valence-corrected chi connectivity index (χ1v) is 7.01. The first kappa shape index (κ1) is 12.9. The highest BCUT2D eigenvalue weighted by atomic mass is 15.0. The molecule has 0 radical (unpaired) electrons. The zero-order valence-electron chi connectivity index (χ0n) is 11.6. The minimum atomic E-state index is 0.479. The molecule has 0 amide bonds. The summed E-state index contributed by atoms with van der Waals surface area (Å²) in [7, 11) is 2.03. The van der Waals surface area contributed by atoms with Crippen LogP contribution in [-0.2, 0) is 13.0 Å². The van der Waals surface area contributed by atoms with E-state index >= 15 is 0 Å². The van der Waals surface area contributed by atoms with Gasteiger partial charge >= 0.3 is 0 Å². The van der Waals surface area contributed by atoms with Gasteiger partial charge in [0.15, 0.2) is 0 Å². The van der Waals surface area contributed by atoms with E-state index in [0.717, 1.165) is 12.1 Å². The van der Waals surface area contributed by atoms with E-state index in [1.807, 2.05) is 19.2 Å². The van der Waals surface area contributed by atoms with Crippen LogP contribution in [0.2, 0.25) is 0 Å². The number of nitrogens with one attached hydrogen (secondary N) is 1. The minimum absolute atomic E-state index is 0.479. The third kappa shape index (κ3) is 2.45. The van der Waals surface area contributed by atoms with E-state index in [9.17, 15) is 0 Å². The Morgan fingerprint density at radius 2 is 2.40 bits per heavy atom. The van der Waals surface area contributed by atoms with Crippen LogP contribution in [0, 0.1) is 11.3 Å². The zero-order chi connectivity index (χ0) is 13.9. The van der Waals surface area contributed by atoms with E-state index in [-0.39, 0.29) is 0 Å². The molecular weight excluding hydrogens is 248 g/mol. The molecule has 0 fully saturated rings. The molecule has 3 rings (SSSR count).